The predicted molar refractivity (Wildman–Crippen MR) is 79.4 cm³/mol. The number of benzene rings is 1. The standard InChI is InChI=1S/C15H21N3O3/c19-11-14-13(16-15(20)21-14)10-17-6-8-18(9-7-17)12-4-2-1-3-5-12/h1-5,13-14,19H,6-11H2,(H,16,20)/t13-,14-/m0/s1. The van der Waals surface area contributed by atoms with E-state index in [1.165, 1.54) is 5.69 Å². The SMILES string of the molecule is O=C1N[C@@H](CN2CCN(c3ccccc3)CC2)[C@H](CO)O1. The number of nitrogens with zero attached hydrogens (tertiary/aromatic N) is 2. The van der Waals surface area contributed by atoms with E-state index < -0.39 is 12.2 Å². The predicted octanol–water partition coefficient (Wildman–Crippen LogP) is 0.278. The molecule has 2 aliphatic rings. The summed E-state index contributed by atoms with van der Waals surface area (Å²) in [5.41, 5.74) is 1.25. The number of alkyl carbamates (subject to hydrolysis) is 1. The third-order valence-corrected chi connectivity index (χ3v) is 4.14. The van der Waals surface area contributed by atoms with Crippen LogP contribution in [0.4, 0.5) is 10.5 Å². The van der Waals surface area contributed by atoms with Crippen molar-refractivity contribution in [1.82, 2.24) is 10.2 Å². The number of aliphatic hydroxyl groups excluding tert-OH is 1. The van der Waals surface area contributed by atoms with E-state index in [4.69, 9.17) is 4.74 Å². The summed E-state index contributed by atoms with van der Waals surface area (Å²) in [6.07, 6.45) is -0.855. The second kappa shape index (κ2) is 6.32. The Balaban J connectivity index is 1.51. The Morgan fingerprint density at radius 1 is 1.19 bits per heavy atom. The molecule has 1 aromatic carbocycles. The molecule has 0 saturated carbocycles. The lowest BCUT2D eigenvalue weighted by atomic mass is 10.1. The number of carbonyl (C=O) groups is 1. The van der Waals surface area contributed by atoms with Crippen LogP contribution < -0.4 is 10.2 Å². The zero-order valence-corrected chi connectivity index (χ0v) is 11.9. The fourth-order valence-electron chi connectivity index (χ4n) is 2.93. The average molecular weight is 291 g/mol. The number of para-hydroxylation sites is 1. The van der Waals surface area contributed by atoms with Gasteiger partial charge < -0.3 is 20.1 Å². The molecule has 1 amide bonds. The van der Waals surface area contributed by atoms with Crippen molar-refractivity contribution < 1.29 is 14.6 Å². The molecule has 0 aromatic heterocycles. The van der Waals surface area contributed by atoms with Crippen molar-refractivity contribution in [3.05, 3.63) is 30.3 Å². The van der Waals surface area contributed by atoms with E-state index in [0.717, 1.165) is 32.7 Å². The molecular formula is C15H21N3O3. The lowest BCUT2D eigenvalue weighted by Gasteiger charge is -2.37. The molecule has 3 rings (SSSR count). The number of ether oxygens (including phenoxy) is 1. The van der Waals surface area contributed by atoms with Gasteiger partial charge in [0.15, 0.2) is 0 Å². The average Bonchev–Trinajstić information content (AvgIpc) is 2.88. The highest BCUT2D eigenvalue weighted by Gasteiger charge is 2.35. The van der Waals surface area contributed by atoms with Crippen molar-refractivity contribution in [1.29, 1.82) is 0 Å². The normalized spacial score (nSPS) is 26.5. The summed E-state index contributed by atoms with van der Waals surface area (Å²) in [6, 6.07) is 10.3. The molecular weight excluding hydrogens is 270 g/mol. The summed E-state index contributed by atoms with van der Waals surface area (Å²) in [7, 11) is 0. The number of cyclic esters (lactones) is 1. The minimum absolute atomic E-state index is 0.120. The lowest BCUT2D eigenvalue weighted by Crippen LogP contribution is -2.52. The molecule has 2 saturated heterocycles. The molecule has 0 bridgehead atoms. The monoisotopic (exact) mass is 291 g/mol. The van der Waals surface area contributed by atoms with Crippen LogP contribution in [-0.4, -0.2) is 67.6 Å². The maximum Gasteiger partial charge on any atom is 0.407 e. The molecule has 0 radical (unpaired) electrons. The number of rotatable bonds is 4. The topological polar surface area (TPSA) is 65.0 Å². The number of amides is 1. The molecule has 0 aliphatic carbocycles. The van der Waals surface area contributed by atoms with Gasteiger partial charge in [-0.15, -0.1) is 0 Å². The second-order valence-electron chi connectivity index (χ2n) is 5.50. The molecule has 2 N–H and O–H groups in total. The molecule has 2 atom stereocenters. The van der Waals surface area contributed by atoms with Gasteiger partial charge in [0, 0.05) is 38.4 Å². The van der Waals surface area contributed by atoms with Gasteiger partial charge in [0.05, 0.1) is 12.6 Å². The first-order valence-corrected chi connectivity index (χ1v) is 7.36. The van der Waals surface area contributed by atoms with E-state index >= 15 is 0 Å². The van der Waals surface area contributed by atoms with Gasteiger partial charge in [-0.2, -0.15) is 0 Å². The number of nitrogens with one attached hydrogen (secondary N) is 1. The van der Waals surface area contributed by atoms with Gasteiger partial charge in [-0.3, -0.25) is 4.90 Å². The molecule has 0 unspecified atom stereocenters. The van der Waals surface area contributed by atoms with Gasteiger partial charge in [-0.05, 0) is 12.1 Å². The van der Waals surface area contributed by atoms with E-state index in [2.05, 4.69) is 39.4 Å². The maximum absolute atomic E-state index is 11.2. The summed E-state index contributed by atoms with van der Waals surface area (Å²) in [5, 5.41) is 12.0. The Hall–Kier alpha value is -1.79. The largest absolute Gasteiger partial charge is 0.442 e. The van der Waals surface area contributed by atoms with Gasteiger partial charge >= 0.3 is 6.09 Å². The number of piperazine rings is 1. The van der Waals surface area contributed by atoms with Crippen LogP contribution in [0.3, 0.4) is 0 Å². The zero-order chi connectivity index (χ0) is 14.7. The lowest BCUT2D eigenvalue weighted by molar-refractivity contribution is 0.0744. The first-order chi connectivity index (χ1) is 10.3. The molecule has 6 nitrogen and oxygen atoms in total. The van der Waals surface area contributed by atoms with Gasteiger partial charge in [0.1, 0.15) is 6.10 Å². The number of carbonyl (C=O) groups excluding carboxylic acids is 1. The molecule has 2 heterocycles. The Morgan fingerprint density at radius 3 is 2.57 bits per heavy atom. The van der Waals surface area contributed by atoms with Crippen molar-refractivity contribution in [2.75, 3.05) is 44.2 Å². The number of aliphatic hydroxyl groups is 1. The van der Waals surface area contributed by atoms with Crippen LogP contribution >= 0.6 is 0 Å². The van der Waals surface area contributed by atoms with Gasteiger partial charge in [-0.25, -0.2) is 4.79 Å². The molecule has 6 heteroatoms. The summed E-state index contributed by atoms with van der Waals surface area (Å²) in [6.45, 7) is 4.41. The molecule has 2 aliphatic heterocycles. The minimum atomic E-state index is -0.429. The third-order valence-electron chi connectivity index (χ3n) is 4.14. The molecule has 2 fully saturated rings. The Morgan fingerprint density at radius 2 is 1.90 bits per heavy atom. The summed E-state index contributed by atoms with van der Waals surface area (Å²) < 4.78 is 5.02. The van der Waals surface area contributed by atoms with Crippen LogP contribution in [0.5, 0.6) is 0 Å². The first-order valence-electron chi connectivity index (χ1n) is 7.36. The highest BCUT2D eigenvalue weighted by molar-refractivity contribution is 5.70. The van der Waals surface area contributed by atoms with Crippen molar-refractivity contribution in [2.24, 2.45) is 0 Å². The Kier molecular flexibility index (Phi) is 4.26. The van der Waals surface area contributed by atoms with Gasteiger partial charge in [-0.1, -0.05) is 18.2 Å². The fourth-order valence-corrected chi connectivity index (χ4v) is 2.93. The number of hydrogen-bond donors (Lipinski definition) is 2. The molecule has 1 aromatic rings. The van der Waals surface area contributed by atoms with Crippen molar-refractivity contribution in [3.63, 3.8) is 0 Å². The van der Waals surface area contributed by atoms with Crippen LogP contribution in [-0.2, 0) is 4.74 Å². The van der Waals surface area contributed by atoms with Crippen molar-refractivity contribution in [2.45, 2.75) is 12.1 Å². The van der Waals surface area contributed by atoms with E-state index in [1.54, 1.807) is 0 Å². The maximum atomic E-state index is 11.2. The number of anilines is 1. The minimum Gasteiger partial charge on any atom is -0.442 e. The summed E-state index contributed by atoms with van der Waals surface area (Å²) in [4.78, 5) is 15.9. The van der Waals surface area contributed by atoms with Gasteiger partial charge in [0.25, 0.3) is 0 Å². The Labute approximate surface area is 124 Å². The second-order valence-corrected chi connectivity index (χ2v) is 5.50. The third kappa shape index (κ3) is 3.28. The molecule has 114 valence electrons. The van der Waals surface area contributed by atoms with Gasteiger partial charge in [0.2, 0.25) is 0 Å². The smallest absolute Gasteiger partial charge is 0.407 e. The highest BCUT2D eigenvalue weighted by Crippen LogP contribution is 2.17. The molecule has 21 heavy (non-hydrogen) atoms. The van der Waals surface area contributed by atoms with Crippen LogP contribution in [0.2, 0.25) is 0 Å². The number of hydrogen-bond acceptors (Lipinski definition) is 5. The van der Waals surface area contributed by atoms with Crippen molar-refractivity contribution >= 4 is 11.8 Å². The zero-order valence-electron chi connectivity index (χ0n) is 11.9. The quantitative estimate of drug-likeness (QED) is 0.834. The van der Waals surface area contributed by atoms with E-state index in [-0.39, 0.29) is 12.6 Å². The highest BCUT2D eigenvalue weighted by atomic mass is 16.6. The van der Waals surface area contributed by atoms with Crippen LogP contribution in [0.25, 0.3) is 0 Å². The van der Waals surface area contributed by atoms with E-state index in [9.17, 15) is 9.90 Å². The fraction of sp³-hybridized carbons (Fsp3) is 0.533. The van der Waals surface area contributed by atoms with Crippen LogP contribution in [0.1, 0.15) is 0 Å². The van der Waals surface area contributed by atoms with Crippen molar-refractivity contribution in [3.8, 4) is 0 Å². The summed E-state index contributed by atoms with van der Waals surface area (Å²) in [5.74, 6) is 0. The summed E-state index contributed by atoms with van der Waals surface area (Å²) >= 11 is 0. The first kappa shape index (κ1) is 14.2. The van der Waals surface area contributed by atoms with Crippen LogP contribution in [0, 0.1) is 0 Å². The van der Waals surface area contributed by atoms with Crippen LogP contribution in [0.15, 0.2) is 30.3 Å². The Bertz CT molecular complexity index is 474. The van der Waals surface area contributed by atoms with E-state index in [0.29, 0.717) is 0 Å². The van der Waals surface area contributed by atoms with E-state index in [1.807, 2.05) is 6.07 Å². The molecule has 0 spiro atoms.